The molecule has 1 N–H and O–H groups in total. The molecule has 2 aromatic rings. The summed E-state index contributed by atoms with van der Waals surface area (Å²) >= 11 is 0. The fourth-order valence-corrected chi connectivity index (χ4v) is 2.05. The van der Waals surface area contributed by atoms with E-state index in [4.69, 9.17) is 0 Å². The summed E-state index contributed by atoms with van der Waals surface area (Å²) in [5.74, 6) is -0.179. The Morgan fingerprint density at radius 1 is 1.17 bits per heavy atom. The van der Waals surface area contributed by atoms with Crippen LogP contribution >= 0.6 is 0 Å². The number of aryl methyl sites for hydroxylation is 2. The molecule has 0 spiro atoms. The molecular formula is C15H17FN2. The van der Waals surface area contributed by atoms with Crippen molar-refractivity contribution < 1.29 is 4.39 Å². The highest BCUT2D eigenvalue weighted by Gasteiger charge is 2.16. The average molecular weight is 244 g/mol. The molecule has 1 aromatic carbocycles. The quantitative estimate of drug-likeness (QED) is 0.897. The van der Waals surface area contributed by atoms with E-state index in [-0.39, 0.29) is 11.9 Å². The number of benzene rings is 1. The van der Waals surface area contributed by atoms with Gasteiger partial charge in [-0.25, -0.2) is 4.39 Å². The zero-order valence-corrected chi connectivity index (χ0v) is 10.9. The van der Waals surface area contributed by atoms with Crippen LogP contribution in [0.5, 0.6) is 0 Å². The smallest absolute Gasteiger partial charge is 0.126 e. The van der Waals surface area contributed by atoms with E-state index in [9.17, 15) is 4.39 Å². The van der Waals surface area contributed by atoms with Crippen molar-refractivity contribution >= 4 is 0 Å². The molecule has 3 heteroatoms. The summed E-state index contributed by atoms with van der Waals surface area (Å²) in [4.78, 5) is 4.39. The van der Waals surface area contributed by atoms with Crippen LogP contribution in [0.3, 0.4) is 0 Å². The average Bonchev–Trinajstić information content (AvgIpc) is 2.37. The molecule has 94 valence electrons. The van der Waals surface area contributed by atoms with Crippen molar-refractivity contribution in [1.82, 2.24) is 10.3 Å². The van der Waals surface area contributed by atoms with Crippen LogP contribution in [0.25, 0.3) is 0 Å². The van der Waals surface area contributed by atoms with Crippen molar-refractivity contribution in [1.29, 1.82) is 0 Å². The van der Waals surface area contributed by atoms with E-state index in [1.165, 1.54) is 0 Å². The predicted molar refractivity (Wildman–Crippen MR) is 71.0 cm³/mol. The van der Waals surface area contributed by atoms with Gasteiger partial charge in [0.15, 0.2) is 0 Å². The van der Waals surface area contributed by atoms with Gasteiger partial charge in [-0.15, -0.1) is 0 Å². The number of hydrogen-bond donors (Lipinski definition) is 1. The van der Waals surface area contributed by atoms with Gasteiger partial charge < -0.3 is 5.32 Å². The largest absolute Gasteiger partial charge is 0.308 e. The molecule has 18 heavy (non-hydrogen) atoms. The third-order valence-corrected chi connectivity index (χ3v) is 3.14. The van der Waals surface area contributed by atoms with Crippen LogP contribution in [0.4, 0.5) is 4.39 Å². The van der Waals surface area contributed by atoms with Gasteiger partial charge in [-0.3, -0.25) is 4.98 Å². The summed E-state index contributed by atoms with van der Waals surface area (Å²) in [6, 6.07) is 9.14. The third kappa shape index (κ3) is 2.41. The summed E-state index contributed by atoms with van der Waals surface area (Å²) in [6.07, 6.45) is 1.76. The minimum atomic E-state index is -0.179. The summed E-state index contributed by atoms with van der Waals surface area (Å²) in [6.45, 7) is 3.77. The van der Waals surface area contributed by atoms with Gasteiger partial charge in [-0.05, 0) is 49.7 Å². The van der Waals surface area contributed by atoms with E-state index in [2.05, 4.69) is 10.3 Å². The van der Waals surface area contributed by atoms with E-state index in [1.807, 2.05) is 32.2 Å². The van der Waals surface area contributed by atoms with Gasteiger partial charge in [0.2, 0.25) is 0 Å². The van der Waals surface area contributed by atoms with Crippen molar-refractivity contribution in [3.63, 3.8) is 0 Å². The lowest BCUT2D eigenvalue weighted by molar-refractivity contribution is 0.605. The first kappa shape index (κ1) is 12.7. The SMILES string of the molecule is CNC(c1ccc(C)c(F)c1)c1ncccc1C. The minimum Gasteiger partial charge on any atom is -0.308 e. The molecule has 1 heterocycles. The van der Waals surface area contributed by atoms with Crippen LogP contribution < -0.4 is 5.32 Å². The van der Waals surface area contributed by atoms with E-state index < -0.39 is 0 Å². The lowest BCUT2D eigenvalue weighted by atomic mass is 9.99. The Hall–Kier alpha value is -1.74. The van der Waals surface area contributed by atoms with Crippen LogP contribution in [0.2, 0.25) is 0 Å². The second-order valence-electron chi connectivity index (χ2n) is 4.44. The maximum atomic E-state index is 13.6. The minimum absolute atomic E-state index is 0.0821. The summed E-state index contributed by atoms with van der Waals surface area (Å²) in [5, 5.41) is 3.19. The molecule has 0 saturated heterocycles. The van der Waals surface area contributed by atoms with Gasteiger partial charge in [0.05, 0.1) is 11.7 Å². The highest BCUT2D eigenvalue weighted by Crippen LogP contribution is 2.24. The lowest BCUT2D eigenvalue weighted by Crippen LogP contribution is -2.20. The fourth-order valence-electron chi connectivity index (χ4n) is 2.05. The van der Waals surface area contributed by atoms with Gasteiger partial charge in [0.25, 0.3) is 0 Å². The predicted octanol–water partition coefficient (Wildman–Crippen LogP) is 3.15. The number of halogens is 1. The zero-order valence-electron chi connectivity index (χ0n) is 10.9. The number of pyridine rings is 1. The Morgan fingerprint density at radius 3 is 2.56 bits per heavy atom. The van der Waals surface area contributed by atoms with Gasteiger partial charge >= 0.3 is 0 Å². The standard InChI is InChI=1S/C15H17FN2/c1-10-6-7-12(9-13(10)16)15(17-3)14-11(2)5-4-8-18-14/h4-9,15,17H,1-3H3. The molecule has 0 aliphatic rings. The first-order chi connectivity index (χ1) is 8.63. The first-order valence-electron chi connectivity index (χ1n) is 5.98. The summed E-state index contributed by atoms with van der Waals surface area (Å²) in [5.41, 5.74) is 3.58. The lowest BCUT2D eigenvalue weighted by Gasteiger charge is -2.18. The molecule has 2 rings (SSSR count). The molecule has 0 radical (unpaired) electrons. The van der Waals surface area contributed by atoms with Crippen LogP contribution in [0.15, 0.2) is 36.5 Å². The molecule has 1 unspecified atom stereocenters. The highest BCUT2D eigenvalue weighted by molar-refractivity contribution is 5.34. The normalized spacial score (nSPS) is 12.4. The van der Waals surface area contributed by atoms with Crippen molar-refractivity contribution in [2.45, 2.75) is 19.9 Å². The molecule has 1 atom stereocenters. The second kappa shape index (κ2) is 5.27. The Kier molecular flexibility index (Phi) is 3.72. The molecular weight excluding hydrogens is 227 g/mol. The number of nitrogens with one attached hydrogen (secondary N) is 1. The van der Waals surface area contributed by atoms with Crippen molar-refractivity contribution in [3.8, 4) is 0 Å². The second-order valence-corrected chi connectivity index (χ2v) is 4.44. The highest BCUT2D eigenvalue weighted by atomic mass is 19.1. The Bertz CT molecular complexity index is 552. The molecule has 0 amide bonds. The molecule has 0 bridgehead atoms. The Morgan fingerprint density at radius 2 is 1.94 bits per heavy atom. The van der Waals surface area contributed by atoms with E-state index in [1.54, 1.807) is 25.3 Å². The van der Waals surface area contributed by atoms with Gasteiger partial charge in [-0.2, -0.15) is 0 Å². The van der Waals surface area contributed by atoms with E-state index >= 15 is 0 Å². The monoisotopic (exact) mass is 244 g/mol. The Balaban J connectivity index is 2.45. The van der Waals surface area contributed by atoms with Crippen molar-refractivity contribution in [3.05, 3.63) is 64.7 Å². The van der Waals surface area contributed by atoms with Crippen molar-refractivity contribution in [2.24, 2.45) is 0 Å². The summed E-state index contributed by atoms with van der Waals surface area (Å²) < 4.78 is 13.6. The first-order valence-corrected chi connectivity index (χ1v) is 5.98. The van der Waals surface area contributed by atoms with E-state index in [0.717, 1.165) is 16.8 Å². The fraction of sp³-hybridized carbons (Fsp3) is 0.267. The molecule has 0 fully saturated rings. The topological polar surface area (TPSA) is 24.9 Å². The number of hydrogen-bond acceptors (Lipinski definition) is 2. The van der Waals surface area contributed by atoms with Crippen molar-refractivity contribution in [2.75, 3.05) is 7.05 Å². The van der Waals surface area contributed by atoms with Gasteiger partial charge in [-0.1, -0.05) is 18.2 Å². The van der Waals surface area contributed by atoms with Gasteiger partial charge in [0.1, 0.15) is 5.82 Å². The van der Waals surface area contributed by atoms with Crippen LogP contribution in [-0.2, 0) is 0 Å². The van der Waals surface area contributed by atoms with Crippen LogP contribution in [-0.4, -0.2) is 12.0 Å². The Labute approximate surface area is 107 Å². The third-order valence-electron chi connectivity index (χ3n) is 3.14. The molecule has 0 aliphatic carbocycles. The molecule has 2 nitrogen and oxygen atoms in total. The maximum Gasteiger partial charge on any atom is 0.126 e. The van der Waals surface area contributed by atoms with Gasteiger partial charge in [0, 0.05) is 6.20 Å². The molecule has 0 saturated carbocycles. The van der Waals surface area contributed by atoms with Crippen LogP contribution in [0.1, 0.15) is 28.4 Å². The maximum absolute atomic E-state index is 13.6. The summed E-state index contributed by atoms with van der Waals surface area (Å²) in [7, 11) is 1.86. The zero-order chi connectivity index (χ0) is 13.1. The molecule has 0 aliphatic heterocycles. The van der Waals surface area contributed by atoms with E-state index in [0.29, 0.717) is 5.56 Å². The number of aromatic nitrogens is 1. The van der Waals surface area contributed by atoms with Crippen LogP contribution in [0, 0.1) is 19.7 Å². The number of nitrogens with zero attached hydrogens (tertiary/aromatic N) is 1. The number of rotatable bonds is 3. The molecule has 1 aromatic heterocycles.